The summed E-state index contributed by atoms with van der Waals surface area (Å²) >= 11 is 1.45. The highest BCUT2D eigenvalue weighted by molar-refractivity contribution is 7.99. The number of aromatic nitrogens is 5. The van der Waals surface area contributed by atoms with Gasteiger partial charge in [0.25, 0.3) is 5.56 Å². The minimum absolute atomic E-state index is 0.164. The van der Waals surface area contributed by atoms with E-state index >= 15 is 0 Å². The lowest BCUT2D eigenvalue weighted by atomic mass is 10.2. The molecule has 4 rings (SSSR count). The quantitative estimate of drug-likeness (QED) is 0.689. The third kappa shape index (κ3) is 2.40. The van der Waals surface area contributed by atoms with E-state index in [0.717, 1.165) is 0 Å². The molecule has 3 aromatic rings. The molecule has 2 N–H and O–H groups in total. The number of H-pyrrole nitrogens is 1. The van der Waals surface area contributed by atoms with Crippen molar-refractivity contribution in [3.63, 3.8) is 0 Å². The smallest absolute Gasteiger partial charge is 0.265 e. The fourth-order valence-corrected chi connectivity index (χ4v) is 3.67. The topological polar surface area (TPSA) is 119 Å². The molecule has 4 heterocycles. The van der Waals surface area contributed by atoms with E-state index in [1.54, 1.807) is 17.6 Å². The average molecular weight is 332 g/mol. The van der Waals surface area contributed by atoms with E-state index in [2.05, 4.69) is 25.7 Å². The van der Waals surface area contributed by atoms with Crippen LogP contribution < -0.4 is 10.9 Å². The number of aromatic amines is 1. The van der Waals surface area contributed by atoms with E-state index in [-0.39, 0.29) is 23.9 Å². The Morgan fingerprint density at radius 2 is 2.48 bits per heavy atom. The van der Waals surface area contributed by atoms with Crippen molar-refractivity contribution in [1.29, 1.82) is 0 Å². The molecule has 0 aromatic carbocycles. The number of anilines is 1. The molecule has 0 saturated carbocycles. The van der Waals surface area contributed by atoms with Gasteiger partial charge in [0.15, 0.2) is 16.6 Å². The Bertz CT molecular complexity index is 958. The molecule has 0 radical (unpaired) electrons. The molecule has 1 amide bonds. The molecule has 0 saturated heterocycles. The van der Waals surface area contributed by atoms with Gasteiger partial charge in [0.2, 0.25) is 5.91 Å². The van der Waals surface area contributed by atoms with Crippen molar-refractivity contribution in [2.45, 2.75) is 24.5 Å². The second-order valence-electron chi connectivity index (χ2n) is 5.24. The fraction of sp³-hybridized carbons (Fsp3) is 0.308. The van der Waals surface area contributed by atoms with Gasteiger partial charge in [0.1, 0.15) is 11.1 Å². The van der Waals surface area contributed by atoms with Crippen LogP contribution in [0.2, 0.25) is 0 Å². The van der Waals surface area contributed by atoms with Crippen molar-refractivity contribution in [1.82, 2.24) is 24.9 Å². The number of hydrogen-bond acceptors (Lipinski definition) is 7. The van der Waals surface area contributed by atoms with Crippen LogP contribution in [0.25, 0.3) is 11.0 Å². The van der Waals surface area contributed by atoms with E-state index in [0.29, 0.717) is 33.5 Å². The summed E-state index contributed by atoms with van der Waals surface area (Å²) in [5.41, 5.74) is 0.288. The first-order valence-corrected chi connectivity index (χ1v) is 7.92. The molecule has 0 bridgehead atoms. The first kappa shape index (κ1) is 14.0. The number of nitrogens with zero attached hydrogens (tertiary/aromatic N) is 4. The summed E-state index contributed by atoms with van der Waals surface area (Å²) in [5, 5.41) is 13.9. The van der Waals surface area contributed by atoms with Gasteiger partial charge in [-0.15, -0.1) is 0 Å². The van der Waals surface area contributed by atoms with Crippen LogP contribution in [0.3, 0.4) is 0 Å². The highest BCUT2D eigenvalue weighted by Gasteiger charge is 2.29. The number of rotatable bonds is 3. The predicted molar refractivity (Wildman–Crippen MR) is 82.4 cm³/mol. The maximum Gasteiger partial charge on any atom is 0.265 e. The third-order valence-corrected chi connectivity index (χ3v) is 4.67. The molecule has 10 heteroatoms. The van der Waals surface area contributed by atoms with Gasteiger partial charge >= 0.3 is 0 Å². The number of amides is 1. The minimum Gasteiger partial charge on any atom is -0.360 e. The van der Waals surface area contributed by atoms with Gasteiger partial charge in [-0.3, -0.25) is 19.3 Å². The second kappa shape index (κ2) is 5.23. The van der Waals surface area contributed by atoms with Crippen molar-refractivity contribution in [2.24, 2.45) is 0 Å². The maximum absolute atomic E-state index is 12.5. The van der Waals surface area contributed by atoms with Gasteiger partial charge in [-0.2, -0.15) is 5.10 Å². The van der Waals surface area contributed by atoms with Crippen LogP contribution in [0.5, 0.6) is 0 Å². The molecule has 1 aliphatic rings. The molecule has 0 spiro atoms. The Kier molecular flexibility index (Phi) is 3.18. The number of aryl methyl sites for hydroxylation is 1. The summed E-state index contributed by atoms with van der Waals surface area (Å²) in [6.07, 6.45) is 1.62. The van der Waals surface area contributed by atoms with Gasteiger partial charge in [-0.1, -0.05) is 16.9 Å². The second-order valence-corrected chi connectivity index (χ2v) is 6.23. The number of carbonyl (C=O) groups is 1. The predicted octanol–water partition coefficient (Wildman–Crippen LogP) is 1.09. The highest BCUT2D eigenvalue weighted by atomic mass is 32.2. The Morgan fingerprint density at radius 3 is 3.26 bits per heavy atom. The summed E-state index contributed by atoms with van der Waals surface area (Å²) in [5.74, 6) is 1.38. The number of fused-ring (bicyclic) bond motifs is 2. The van der Waals surface area contributed by atoms with Crippen molar-refractivity contribution in [2.75, 3.05) is 11.1 Å². The first-order valence-electron chi connectivity index (χ1n) is 6.93. The third-order valence-electron chi connectivity index (χ3n) is 3.57. The highest BCUT2D eigenvalue weighted by Crippen LogP contribution is 2.32. The van der Waals surface area contributed by atoms with Gasteiger partial charge in [0, 0.05) is 18.2 Å². The van der Waals surface area contributed by atoms with Gasteiger partial charge in [0.05, 0.1) is 12.2 Å². The van der Waals surface area contributed by atoms with Gasteiger partial charge in [-0.25, -0.2) is 4.98 Å². The van der Waals surface area contributed by atoms with Crippen LogP contribution >= 0.6 is 11.8 Å². The van der Waals surface area contributed by atoms with Crippen LogP contribution in [0.4, 0.5) is 5.82 Å². The Balaban J connectivity index is 1.58. The lowest BCUT2D eigenvalue weighted by molar-refractivity contribution is -0.116. The lowest BCUT2D eigenvalue weighted by Gasteiger charge is -2.12. The van der Waals surface area contributed by atoms with Crippen molar-refractivity contribution in [3.05, 3.63) is 28.4 Å². The SMILES string of the molecule is Cc1cc(NC(=O)CC2CSc3nc4[nH]ncc4c(=O)n32)no1. The number of carbonyl (C=O) groups excluding carboxylic acids is 1. The van der Waals surface area contributed by atoms with E-state index in [4.69, 9.17) is 4.52 Å². The van der Waals surface area contributed by atoms with E-state index in [9.17, 15) is 9.59 Å². The summed E-state index contributed by atoms with van der Waals surface area (Å²) in [7, 11) is 0. The fourth-order valence-electron chi connectivity index (χ4n) is 2.54. The first-order chi connectivity index (χ1) is 11.1. The number of hydrogen-bond donors (Lipinski definition) is 2. The molecule has 9 nitrogen and oxygen atoms in total. The zero-order chi connectivity index (χ0) is 16.0. The van der Waals surface area contributed by atoms with Crippen molar-refractivity contribution < 1.29 is 9.32 Å². The zero-order valence-electron chi connectivity index (χ0n) is 12.1. The van der Waals surface area contributed by atoms with E-state index in [1.165, 1.54) is 18.0 Å². The lowest BCUT2D eigenvalue weighted by Crippen LogP contribution is -2.27. The largest absolute Gasteiger partial charge is 0.360 e. The molecule has 1 unspecified atom stereocenters. The molecular weight excluding hydrogens is 320 g/mol. The monoisotopic (exact) mass is 332 g/mol. The average Bonchev–Trinajstić information content (AvgIpc) is 3.20. The van der Waals surface area contributed by atoms with Crippen LogP contribution in [0.15, 0.2) is 26.7 Å². The standard InChI is InChI=1S/C13H12N6O3S/c1-6-2-9(18-22-6)15-10(20)3-7-5-23-13-16-11-8(4-14-17-11)12(21)19(7)13/h2,4,7H,3,5H2,1H3,(H,14,17)(H,15,18,20). The molecule has 23 heavy (non-hydrogen) atoms. The van der Waals surface area contributed by atoms with Crippen molar-refractivity contribution in [3.8, 4) is 0 Å². The van der Waals surface area contributed by atoms with Crippen LogP contribution in [0.1, 0.15) is 18.2 Å². The molecule has 1 atom stereocenters. The van der Waals surface area contributed by atoms with Gasteiger partial charge < -0.3 is 9.84 Å². The molecular formula is C13H12N6O3S. The normalized spacial score (nSPS) is 16.7. The Morgan fingerprint density at radius 1 is 1.61 bits per heavy atom. The maximum atomic E-state index is 12.5. The Hall–Kier alpha value is -2.62. The van der Waals surface area contributed by atoms with Crippen LogP contribution in [-0.4, -0.2) is 36.6 Å². The van der Waals surface area contributed by atoms with Crippen LogP contribution in [-0.2, 0) is 4.79 Å². The number of thioether (sulfide) groups is 1. The summed E-state index contributed by atoms with van der Waals surface area (Å²) in [6, 6.07) is 1.39. The van der Waals surface area contributed by atoms with E-state index < -0.39 is 0 Å². The molecule has 0 aliphatic carbocycles. The van der Waals surface area contributed by atoms with Crippen LogP contribution in [0, 0.1) is 6.92 Å². The summed E-state index contributed by atoms with van der Waals surface area (Å²) in [6.45, 7) is 1.74. The van der Waals surface area contributed by atoms with Gasteiger partial charge in [-0.05, 0) is 6.92 Å². The van der Waals surface area contributed by atoms with Crippen molar-refractivity contribution >= 4 is 34.5 Å². The molecule has 1 aliphatic heterocycles. The Labute approximate surface area is 133 Å². The molecule has 0 fully saturated rings. The molecule has 118 valence electrons. The molecule has 3 aromatic heterocycles. The van der Waals surface area contributed by atoms with E-state index in [1.807, 2.05) is 0 Å². The zero-order valence-corrected chi connectivity index (χ0v) is 12.9. The summed E-state index contributed by atoms with van der Waals surface area (Å²) in [4.78, 5) is 29.1. The number of nitrogens with one attached hydrogen (secondary N) is 2. The summed E-state index contributed by atoms with van der Waals surface area (Å²) < 4.78 is 6.47. The minimum atomic E-state index is -0.248.